The third-order valence-corrected chi connectivity index (χ3v) is 3.50. The Bertz CT molecular complexity index is 522. The first kappa shape index (κ1) is 13.1. The molecule has 0 spiro atoms. The molecule has 2 aromatic rings. The van der Waals surface area contributed by atoms with E-state index >= 15 is 0 Å². The minimum Gasteiger partial charge on any atom is -0.493 e. The molecule has 0 saturated heterocycles. The van der Waals surface area contributed by atoms with Gasteiger partial charge in [0.15, 0.2) is 0 Å². The summed E-state index contributed by atoms with van der Waals surface area (Å²) in [4.78, 5) is 0. The Balaban J connectivity index is 1.96. The zero-order chi connectivity index (χ0) is 13.0. The average Bonchev–Trinajstić information content (AvgIpc) is 2.77. The van der Waals surface area contributed by atoms with Crippen molar-refractivity contribution in [3.63, 3.8) is 0 Å². The molecule has 0 N–H and O–H groups in total. The van der Waals surface area contributed by atoms with E-state index in [1.165, 1.54) is 16.8 Å². The second-order valence-corrected chi connectivity index (χ2v) is 4.85. The predicted octanol–water partition coefficient (Wildman–Crippen LogP) is 3.24. The Hall–Kier alpha value is -1.29. The van der Waals surface area contributed by atoms with Crippen molar-refractivity contribution in [2.75, 3.05) is 6.61 Å². The van der Waals surface area contributed by atoms with E-state index in [2.05, 4.69) is 40.1 Å². The number of aromatic nitrogens is 2. The van der Waals surface area contributed by atoms with Crippen LogP contribution in [0.4, 0.5) is 0 Å². The first-order valence-corrected chi connectivity index (χ1v) is 7.08. The van der Waals surface area contributed by atoms with Crippen LogP contribution >= 0.6 is 15.9 Å². The lowest BCUT2D eigenvalue weighted by atomic mass is 10.1. The molecular weight excluding hydrogens is 292 g/mol. The average molecular weight is 309 g/mol. The summed E-state index contributed by atoms with van der Waals surface area (Å²) in [5.74, 6) is 0.958. The number of aryl methyl sites for hydroxylation is 2. The van der Waals surface area contributed by atoms with Crippen LogP contribution in [0.5, 0.6) is 5.75 Å². The van der Waals surface area contributed by atoms with Crippen LogP contribution in [0.3, 0.4) is 0 Å². The van der Waals surface area contributed by atoms with Gasteiger partial charge in [0, 0.05) is 36.3 Å². The molecule has 0 aliphatic heterocycles. The van der Waals surface area contributed by atoms with E-state index in [4.69, 9.17) is 4.74 Å². The maximum absolute atomic E-state index is 5.84. The van der Waals surface area contributed by atoms with Crippen LogP contribution in [0.25, 0.3) is 0 Å². The first-order valence-electron chi connectivity index (χ1n) is 5.96. The molecule has 0 radical (unpaired) electrons. The highest BCUT2D eigenvalue weighted by Gasteiger charge is 2.04. The number of halogens is 1. The fourth-order valence-corrected chi connectivity index (χ4v) is 2.30. The van der Waals surface area contributed by atoms with Gasteiger partial charge in [-0.1, -0.05) is 33.6 Å². The van der Waals surface area contributed by atoms with Crippen LogP contribution in [0.1, 0.15) is 16.8 Å². The van der Waals surface area contributed by atoms with E-state index in [0.717, 1.165) is 17.5 Å². The van der Waals surface area contributed by atoms with Gasteiger partial charge in [-0.25, -0.2) is 0 Å². The third kappa shape index (κ3) is 3.13. The third-order valence-electron chi connectivity index (χ3n) is 2.90. The highest BCUT2D eigenvalue weighted by molar-refractivity contribution is 9.08. The Morgan fingerprint density at radius 3 is 2.83 bits per heavy atom. The normalized spacial score (nSPS) is 10.6. The summed E-state index contributed by atoms with van der Waals surface area (Å²) in [6, 6.07) is 8.28. The number of hydrogen-bond acceptors (Lipinski definition) is 2. The maximum Gasteiger partial charge on any atom is 0.123 e. The molecular formula is C14H17BrN2O. The summed E-state index contributed by atoms with van der Waals surface area (Å²) in [5.41, 5.74) is 3.63. The maximum atomic E-state index is 5.84. The van der Waals surface area contributed by atoms with Crippen LogP contribution in [-0.2, 0) is 18.8 Å². The minimum absolute atomic E-state index is 0.669. The second-order valence-electron chi connectivity index (χ2n) is 4.29. The molecule has 18 heavy (non-hydrogen) atoms. The van der Waals surface area contributed by atoms with E-state index in [9.17, 15) is 0 Å². The lowest BCUT2D eigenvalue weighted by Crippen LogP contribution is -2.06. The van der Waals surface area contributed by atoms with E-state index < -0.39 is 0 Å². The summed E-state index contributed by atoms with van der Waals surface area (Å²) in [6.45, 7) is 2.76. The molecule has 0 fully saturated rings. The summed E-state index contributed by atoms with van der Waals surface area (Å²) >= 11 is 3.49. The monoisotopic (exact) mass is 308 g/mol. The van der Waals surface area contributed by atoms with Gasteiger partial charge in [0.1, 0.15) is 5.75 Å². The highest BCUT2D eigenvalue weighted by atomic mass is 79.9. The van der Waals surface area contributed by atoms with Crippen molar-refractivity contribution >= 4 is 15.9 Å². The minimum atomic E-state index is 0.669. The van der Waals surface area contributed by atoms with Crippen molar-refractivity contribution in [2.24, 2.45) is 7.05 Å². The highest BCUT2D eigenvalue weighted by Crippen LogP contribution is 2.22. The summed E-state index contributed by atoms with van der Waals surface area (Å²) < 4.78 is 7.72. The van der Waals surface area contributed by atoms with Gasteiger partial charge >= 0.3 is 0 Å². The van der Waals surface area contributed by atoms with Gasteiger partial charge in [0.05, 0.1) is 6.61 Å². The van der Waals surface area contributed by atoms with E-state index in [1.54, 1.807) is 0 Å². The van der Waals surface area contributed by atoms with Crippen molar-refractivity contribution in [2.45, 2.75) is 18.7 Å². The van der Waals surface area contributed by atoms with E-state index in [-0.39, 0.29) is 0 Å². The van der Waals surface area contributed by atoms with Gasteiger partial charge in [-0.3, -0.25) is 4.68 Å². The lowest BCUT2D eigenvalue weighted by Gasteiger charge is -2.10. The fraction of sp³-hybridized carbons (Fsp3) is 0.357. The zero-order valence-electron chi connectivity index (χ0n) is 10.7. The molecule has 1 aromatic carbocycles. The quantitative estimate of drug-likeness (QED) is 0.793. The Morgan fingerprint density at radius 1 is 1.33 bits per heavy atom. The molecule has 3 nitrogen and oxygen atoms in total. The molecule has 1 aromatic heterocycles. The van der Waals surface area contributed by atoms with Gasteiger partial charge in [-0.15, -0.1) is 0 Å². The van der Waals surface area contributed by atoms with Gasteiger partial charge in [0.2, 0.25) is 0 Å². The number of ether oxygens (including phenoxy) is 1. The lowest BCUT2D eigenvalue weighted by molar-refractivity contribution is 0.316. The van der Waals surface area contributed by atoms with Gasteiger partial charge in [-0.2, -0.15) is 5.10 Å². The molecule has 0 atom stereocenters. The fourth-order valence-electron chi connectivity index (χ4n) is 1.87. The van der Waals surface area contributed by atoms with Crippen molar-refractivity contribution in [1.82, 2.24) is 9.78 Å². The summed E-state index contributed by atoms with van der Waals surface area (Å²) in [7, 11) is 1.95. The molecule has 2 rings (SSSR count). The summed E-state index contributed by atoms with van der Waals surface area (Å²) in [6.07, 6.45) is 2.68. The van der Waals surface area contributed by atoms with Crippen molar-refractivity contribution < 1.29 is 4.74 Å². The van der Waals surface area contributed by atoms with Gasteiger partial charge < -0.3 is 4.74 Å². The standard InChI is InChI=1S/C14H17BrN2O/c1-11-3-4-14(12(9-11)10-15)18-8-6-13-5-7-16-17(13)2/h3-5,7,9H,6,8,10H2,1-2H3. The number of rotatable bonds is 5. The number of alkyl halides is 1. The predicted molar refractivity (Wildman–Crippen MR) is 76.2 cm³/mol. The molecule has 96 valence electrons. The topological polar surface area (TPSA) is 27.1 Å². The first-order chi connectivity index (χ1) is 8.70. The Kier molecular flexibility index (Phi) is 4.42. The van der Waals surface area contributed by atoms with Gasteiger partial charge in [-0.05, 0) is 19.1 Å². The molecule has 0 aliphatic carbocycles. The van der Waals surface area contributed by atoms with Crippen LogP contribution in [0.2, 0.25) is 0 Å². The number of nitrogens with zero attached hydrogens (tertiary/aromatic N) is 2. The molecule has 0 saturated carbocycles. The van der Waals surface area contributed by atoms with Gasteiger partial charge in [0.25, 0.3) is 0 Å². The smallest absolute Gasteiger partial charge is 0.123 e. The Labute approximate surface area is 116 Å². The summed E-state index contributed by atoms with van der Waals surface area (Å²) in [5, 5.41) is 4.96. The molecule has 4 heteroatoms. The number of hydrogen-bond donors (Lipinski definition) is 0. The molecule has 1 heterocycles. The van der Waals surface area contributed by atoms with E-state index in [1.807, 2.05) is 30.1 Å². The van der Waals surface area contributed by atoms with Crippen LogP contribution < -0.4 is 4.74 Å². The largest absolute Gasteiger partial charge is 0.493 e. The SMILES string of the molecule is Cc1ccc(OCCc2ccnn2C)c(CBr)c1. The van der Waals surface area contributed by atoms with Crippen LogP contribution in [0.15, 0.2) is 30.5 Å². The van der Waals surface area contributed by atoms with Crippen LogP contribution in [-0.4, -0.2) is 16.4 Å². The van der Waals surface area contributed by atoms with Crippen molar-refractivity contribution in [3.05, 3.63) is 47.3 Å². The molecule has 0 amide bonds. The number of benzene rings is 1. The Morgan fingerprint density at radius 2 is 2.17 bits per heavy atom. The van der Waals surface area contributed by atoms with E-state index in [0.29, 0.717) is 6.61 Å². The molecule has 0 unspecified atom stereocenters. The van der Waals surface area contributed by atoms with Crippen LogP contribution in [0, 0.1) is 6.92 Å². The second kappa shape index (κ2) is 6.05. The molecule has 0 bridgehead atoms. The van der Waals surface area contributed by atoms with Crippen molar-refractivity contribution in [1.29, 1.82) is 0 Å². The zero-order valence-corrected chi connectivity index (χ0v) is 12.3. The van der Waals surface area contributed by atoms with Crippen molar-refractivity contribution in [3.8, 4) is 5.75 Å². The molecule has 0 aliphatic rings.